The number of carbonyl (C=O) groups is 2. The second kappa shape index (κ2) is 7.95. The Balaban J connectivity index is 1.76. The Hall–Kier alpha value is -2.28. The fraction of sp³-hybridized carbons (Fsp3) is 0.579. The highest BCUT2D eigenvalue weighted by Gasteiger charge is 2.36. The standard InChI is InChI=1S/C19H26N2O5/c1-25-13-7-8-14(17(11-13)26-2)15-5-4-10-21(15)18(22)12-20-9-3-6-16(20)19(23)24/h7-8,11,15-16H,3-6,9-10,12H2,1-2H3,(H,23,24)/t15?,16-/m1/s1. The molecule has 2 atom stereocenters. The van der Waals surface area contributed by atoms with E-state index in [0.29, 0.717) is 31.0 Å². The highest BCUT2D eigenvalue weighted by Crippen LogP contribution is 2.38. The van der Waals surface area contributed by atoms with E-state index in [9.17, 15) is 14.7 Å². The third kappa shape index (κ3) is 3.62. The van der Waals surface area contributed by atoms with Gasteiger partial charge in [0.25, 0.3) is 0 Å². The number of carboxylic acids is 1. The lowest BCUT2D eigenvalue weighted by molar-refractivity contribution is -0.143. The maximum atomic E-state index is 12.9. The summed E-state index contributed by atoms with van der Waals surface area (Å²) in [6, 6.07) is 5.06. The molecule has 0 radical (unpaired) electrons. The number of ether oxygens (including phenoxy) is 2. The van der Waals surface area contributed by atoms with Crippen molar-refractivity contribution in [2.24, 2.45) is 0 Å². The maximum absolute atomic E-state index is 12.9. The minimum Gasteiger partial charge on any atom is -0.497 e. The second-order valence-electron chi connectivity index (χ2n) is 6.82. The van der Waals surface area contributed by atoms with E-state index in [1.54, 1.807) is 19.1 Å². The molecule has 142 valence electrons. The molecule has 0 aliphatic carbocycles. The summed E-state index contributed by atoms with van der Waals surface area (Å²) >= 11 is 0. The summed E-state index contributed by atoms with van der Waals surface area (Å²) in [6.45, 7) is 1.50. The minimum absolute atomic E-state index is 0.0153. The quantitative estimate of drug-likeness (QED) is 0.833. The van der Waals surface area contributed by atoms with Crippen LogP contribution in [-0.2, 0) is 9.59 Å². The number of nitrogens with zero attached hydrogens (tertiary/aromatic N) is 2. The fourth-order valence-corrected chi connectivity index (χ4v) is 4.04. The molecule has 1 aromatic carbocycles. The largest absolute Gasteiger partial charge is 0.497 e. The van der Waals surface area contributed by atoms with Gasteiger partial charge in [-0.15, -0.1) is 0 Å². The normalized spacial score (nSPS) is 23.2. The molecular formula is C19H26N2O5. The lowest BCUT2D eigenvalue weighted by Gasteiger charge is -2.29. The third-order valence-electron chi connectivity index (χ3n) is 5.36. The number of rotatable bonds is 6. The molecule has 0 bridgehead atoms. The molecule has 0 spiro atoms. The summed E-state index contributed by atoms with van der Waals surface area (Å²) in [5.74, 6) is 0.560. The van der Waals surface area contributed by atoms with Gasteiger partial charge in [-0.05, 0) is 44.4 Å². The van der Waals surface area contributed by atoms with Crippen LogP contribution < -0.4 is 9.47 Å². The van der Waals surface area contributed by atoms with E-state index < -0.39 is 12.0 Å². The highest BCUT2D eigenvalue weighted by atomic mass is 16.5. The monoisotopic (exact) mass is 362 g/mol. The Morgan fingerprint density at radius 3 is 2.62 bits per heavy atom. The van der Waals surface area contributed by atoms with Gasteiger partial charge >= 0.3 is 5.97 Å². The number of methoxy groups -OCH3 is 2. The molecule has 2 heterocycles. The van der Waals surface area contributed by atoms with E-state index in [0.717, 1.165) is 24.8 Å². The lowest BCUT2D eigenvalue weighted by Crippen LogP contribution is -2.44. The van der Waals surface area contributed by atoms with Gasteiger partial charge in [0.1, 0.15) is 17.5 Å². The fourth-order valence-electron chi connectivity index (χ4n) is 4.04. The number of hydrogen-bond donors (Lipinski definition) is 1. The van der Waals surface area contributed by atoms with Gasteiger partial charge in [0.2, 0.25) is 5.91 Å². The average Bonchev–Trinajstić information content (AvgIpc) is 3.30. The molecule has 0 saturated carbocycles. The first-order valence-corrected chi connectivity index (χ1v) is 9.03. The van der Waals surface area contributed by atoms with Gasteiger partial charge < -0.3 is 19.5 Å². The number of carbonyl (C=O) groups excluding carboxylic acids is 1. The first kappa shape index (κ1) is 18.5. The molecule has 0 aromatic heterocycles. The highest BCUT2D eigenvalue weighted by molar-refractivity contribution is 5.81. The van der Waals surface area contributed by atoms with Crippen molar-refractivity contribution in [2.75, 3.05) is 33.9 Å². The van der Waals surface area contributed by atoms with Crippen LogP contribution in [-0.4, -0.2) is 66.7 Å². The number of carboxylic acid groups (broad SMARTS) is 1. The van der Waals surface area contributed by atoms with Crippen LogP contribution in [0.2, 0.25) is 0 Å². The number of aliphatic carboxylic acids is 1. The van der Waals surface area contributed by atoms with Gasteiger partial charge in [0, 0.05) is 18.2 Å². The predicted molar refractivity (Wildman–Crippen MR) is 95.5 cm³/mol. The number of likely N-dealkylation sites (tertiary alicyclic amines) is 2. The number of hydrogen-bond acceptors (Lipinski definition) is 5. The van der Waals surface area contributed by atoms with Gasteiger partial charge in [0.15, 0.2) is 0 Å². The molecule has 26 heavy (non-hydrogen) atoms. The SMILES string of the molecule is COc1ccc(C2CCCN2C(=O)CN2CCC[C@@H]2C(=O)O)c(OC)c1. The molecule has 3 rings (SSSR count). The number of amides is 1. The van der Waals surface area contributed by atoms with Crippen molar-refractivity contribution in [1.82, 2.24) is 9.80 Å². The third-order valence-corrected chi connectivity index (χ3v) is 5.36. The summed E-state index contributed by atoms with van der Waals surface area (Å²) in [4.78, 5) is 27.9. The van der Waals surface area contributed by atoms with Crippen LogP contribution in [0.5, 0.6) is 11.5 Å². The second-order valence-corrected chi connectivity index (χ2v) is 6.82. The Kier molecular flexibility index (Phi) is 5.66. The van der Waals surface area contributed by atoms with E-state index in [1.165, 1.54) is 0 Å². The Labute approximate surface area is 153 Å². The van der Waals surface area contributed by atoms with Crippen molar-refractivity contribution in [1.29, 1.82) is 0 Å². The van der Waals surface area contributed by atoms with Gasteiger partial charge in [0.05, 0.1) is 26.8 Å². The molecule has 1 aromatic rings. The van der Waals surface area contributed by atoms with Crippen molar-refractivity contribution < 1.29 is 24.2 Å². The minimum atomic E-state index is -0.843. The van der Waals surface area contributed by atoms with Crippen molar-refractivity contribution in [3.63, 3.8) is 0 Å². The van der Waals surface area contributed by atoms with Crippen LogP contribution >= 0.6 is 0 Å². The lowest BCUT2D eigenvalue weighted by atomic mass is 10.0. The molecule has 2 aliphatic heterocycles. The Morgan fingerprint density at radius 2 is 1.92 bits per heavy atom. The summed E-state index contributed by atoms with van der Waals surface area (Å²) in [7, 11) is 3.22. The van der Waals surface area contributed by atoms with E-state index >= 15 is 0 Å². The molecule has 1 N–H and O–H groups in total. The summed E-state index contributed by atoms with van der Waals surface area (Å²) in [5.41, 5.74) is 0.968. The van der Waals surface area contributed by atoms with Crippen molar-refractivity contribution in [2.45, 2.75) is 37.8 Å². The summed E-state index contributed by atoms with van der Waals surface area (Å²) < 4.78 is 10.8. The zero-order valence-electron chi connectivity index (χ0n) is 15.3. The van der Waals surface area contributed by atoms with Gasteiger partial charge in [-0.1, -0.05) is 0 Å². The summed E-state index contributed by atoms with van der Waals surface area (Å²) in [6.07, 6.45) is 3.23. The van der Waals surface area contributed by atoms with E-state index in [4.69, 9.17) is 9.47 Å². The van der Waals surface area contributed by atoms with Crippen LogP contribution in [0.15, 0.2) is 18.2 Å². The van der Waals surface area contributed by atoms with E-state index in [-0.39, 0.29) is 18.5 Å². The van der Waals surface area contributed by atoms with Crippen LogP contribution in [0.1, 0.15) is 37.3 Å². The molecule has 2 saturated heterocycles. The first-order valence-electron chi connectivity index (χ1n) is 9.03. The van der Waals surface area contributed by atoms with Crippen LogP contribution in [0.4, 0.5) is 0 Å². The number of benzene rings is 1. The van der Waals surface area contributed by atoms with Gasteiger partial charge in [-0.3, -0.25) is 14.5 Å². The smallest absolute Gasteiger partial charge is 0.320 e. The molecule has 7 heteroatoms. The zero-order chi connectivity index (χ0) is 18.7. The molecule has 1 amide bonds. The predicted octanol–water partition coefficient (Wildman–Crippen LogP) is 1.92. The summed E-state index contributed by atoms with van der Waals surface area (Å²) in [5, 5.41) is 9.31. The van der Waals surface area contributed by atoms with Crippen molar-refractivity contribution >= 4 is 11.9 Å². The van der Waals surface area contributed by atoms with Crippen molar-refractivity contribution in [3.8, 4) is 11.5 Å². The molecule has 7 nitrogen and oxygen atoms in total. The topological polar surface area (TPSA) is 79.3 Å². The Morgan fingerprint density at radius 1 is 1.15 bits per heavy atom. The van der Waals surface area contributed by atoms with E-state index in [1.807, 2.05) is 23.1 Å². The van der Waals surface area contributed by atoms with Gasteiger partial charge in [-0.25, -0.2) is 0 Å². The molecular weight excluding hydrogens is 336 g/mol. The average molecular weight is 362 g/mol. The van der Waals surface area contributed by atoms with E-state index in [2.05, 4.69) is 0 Å². The van der Waals surface area contributed by atoms with Gasteiger partial charge in [-0.2, -0.15) is 0 Å². The first-order chi connectivity index (χ1) is 12.5. The molecule has 2 aliphatic rings. The van der Waals surface area contributed by atoms with Crippen LogP contribution in [0.3, 0.4) is 0 Å². The zero-order valence-corrected chi connectivity index (χ0v) is 15.3. The Bertz CT molecular complexity index is 678. The molecule has 1 unspecified atom stereocenters. The van der Waals surface area contributed by atoms with Crippen LogP contribution in [0.25, 0.3) is 0 Å². The van der Waals surface area contributed by atoms with Crippen LogP contribution in [0, 0.1) is 0 Å². The molecule has 2 fully saturated rings. The van der Waals surface area contributed by atoms with Crippen molar-refractivity contribution in [3.05, 3.63) is 23.8 Å². The maximum Gasteiger partial charge on any atom is 0.320 e.